The quantitative estimate of drug-likeness (QED) is 0.779. The van der Waals surface area contributed by atoms with Crippen LogP contribution in [0.5, 0.6) is 5.75 Å². The molecule has 0 aliphatic carbocycles. The molecule has 21 heavy (non-hydrogen) atoms. The maximum absolute atomic E-state index is 11.9. The molecule has 2 heterocycles. The molecule has 0 fully saturated rings. The Kier molecular flexibility index (Phi) is 2.94. The van der Waals surface area contributed by atoms with Gasteiger partial charge < -0.3 is 9.67 Å². The Hall–Kier alpha value is -2.41. The molecule has 3 rings (SSSR count). The SMILES string of the molecule is Cn1c(-c2cncc(O)c2)nc2c(S(C)(=O)=O)cccc21. The monoisotopic (exact) mass is 303 g/mol. The van der Waals surface area contributed by atoms with Crippen molar-refractivity contribution in [3.63, 3.8) is 0 Å². The molecular weight excluding hydrogens is 290 g/mol. The van der Waals surface area contributed by atoms with E-state index in [0.29, 0.717) is 22.4 Å². The second kappa shape index (κ2) is 4.56. The number of aromatic nitrogens is 3. The van der Waals surface area contributed by atoms with Crippen molar-refractivity contribution in [2.45, 2.75) is 4.90 Å². The van der Waals surface area contributed by atoms with E-state index >= 15 is 0 Å². The van der Waals surface area contributed by atoms with E-state index in [-0.39, 0.29) is 10.6 Å². The highest BCUT2D eigenvalue weighted by Gasteiger charge is 2.18. The van der Waals surface area contributed by atoms with Crippen LogP contribution in [0.2, 0.25) is 0 Å². The molecule has 6 nitrogen and oxygen atoms in total. The van der Waals surface area contributed by atoms with Crippen molar-refractivity contribution in [3.05, 3.63) is 36.7 Å². The number of imidazole rings is 1. The average molecular weight is 303 g/mol. The summed E-state index contributed by atoms with van der Waals surface area (Å²) >= 11 is 0. The highest BCUT2D eigenvalue weighted by molar-refractivity contribution is 7.91. The first-order chi connectivity index (χ1) is 9.88. The third-order valence-corrected chi connectivity index (χ3v) is 4.38. The molecule has 2 aromatic heterocycles. The molecule has 1 aromatic carbocycles. The standard InChI is InChI=1S/C14H13N3O3S/c1-17-11-4-3-5-12(21(2,19)20)13(11)16-14(17)9-6-10(18)8-15-7-9/h3-8,18H,1-2H3. The van der Waals surface area contributed by atoms with Crippen molar-refractivity contribution in [2.24, 2.45) is 7.05 Å². The van der Waals surface area contributed by atoms with Crippen LogP contribution < -0.4 is 0 Å². The molecule has 7 heteroatoms. The molecule has 0 saturated carbocycles. The molecule has 0 amide bonds. The zero-order chi connectivity index (χ0) is 15.2. The Labute approximate surface area is 121 Å². The molecular formula is C14H13N3O3S. The van der Waals surface area contributed by atoms with Gasteiger partial charge in [-0.1, -0.05) is 6.07 Å². The molecule has 1 N–H and O–H groups in total. The van der Waals surface area contributed by atoms with Crippen LogP contribution >= 0.6 is 0 Å². The summed E-state index contributed by atoms with van der Waals surface area (Å²) in [6, 6.07) is 6.56. The lowest BCUT2D eigenvalue weighted by Crippen LogP contribution is -1.98. The van der Waals surface area contributed by atoms with E-state index in [1.54, 1.807) is 29.9 Å². The maximum Gasteiger partial charge on any atom is 0.177 e. The average Bonchev–Trinajstić information content (AvgIpc) is 2.75. The molecule has 0 bridgehead atoms. The summed E-state index contributed by atoms with van der Waals surface area (Å²) in [5, 5.41) is 9.53. The fourth-order valence-electron chi connectivity index (χ4n) is 2.30. The van der Waals surface area contributed by atoms with Crippen molar-refractivity contribution in [3.8, 4) is 17.1 Å². The van der Waals surface area contributed by atoms with Crippen LogP contribution in [-0.4, -0.2) is 34.3 Å². The van der Waals surface area contributed by atoms with Gasteiger partial charge in [0.25, 0.3) is 0 Å². The van der Waals surface area contributed by atoms with Gasteiger partial charge in [0, 0.05) is 25.1 Å². The summed E-state index contributed by atoms with van der Waals surface area (Å²) in [5.41, 5.74) is 1.74. The van der Waals surface area contributed by atoms with Gasteiger partial charge in [0.15, 0.2) is 9.84 Å². The number of hydrogen-bond acceptors (Lipinski definition) is 5. The predicted octanol–water partition coefficient (Wildman–Crippen LogP) is 1.74. The van der Waals surface area contributed by atoms with E-state index in [2.05, 4.69) is 9.97 Å². The van der Waals surface area contributed by atoms with Gasteiger partial charge in [-0.3, -0.25) is 4.98 Å². The summed E-state index contributed by atoms with van der Waals surface area (Å²) in [7, 11) is -1.57. The summed E-state index contributed by atoms with van der Waals surface area (Å²) in [5.74, 6) is 0.576. The van der Waals surface area contributed by atoms with Gasteiger partial charge in [0.2, 0.25) is 0 Å². The summed E-state index contributed by atoms with van der Waals surface area (Å²) in [6.45, 7) is 0. The number of fused-ring (bicyclic) bond motifs is 1. The maximum atomic E-state index is 11.9. The first kappa shape index (κ1) is 13.6. The fraction of sp³-hybridized carbons (Fsp3) is 0.143. The van der Waals surface area contributed by atoms with Gasteiger partial charge in [0.1, 0.15) is 17.1 Å². The number of aryl methyl sites for hydroxylation is 1. The minimum atomic E-state index is -3.36. The summed E-state index contributed by atoms with van der Waals surface area (Å²) < 4.78 is 25.5. The topological polar surface area (TPSA) is 85.1 Å². The lowest BCUT2D eigenvalue weighted by molar-refractivity contribution is 0.473. The van der Waals surface area contributed by atoms with E-state index in [9.17, 15) is 13.5 Å². The number of rotatable bonds is 2. The second-order valence-electron chi connectivity index (χ2n) is 4.82. The normalized spacial score (nSPS) is 11.9. The number of para-hydroxylation sites is 1. The van der Waals surface area contributed by atoms with Crippen LogP contribution in [0.25, 0.3) is 22.4 Å². The van der Waals surface area contributed by atoms with Crippen molar-refractivity contribution >= 4 is 20.9 Å². The van der Waals surface area contributed by atoms with E-state index in [0.717, 1.165) is 6.26 Å². The van der Waals surface area contributed by atoms with Gasteiger partial charge in [-0.05, 0) is 18.2 Å². The second-order valence-corrected chi connectivity index (χ2v) is 6.81. The molecule has 0 spiro atoms. The van der Waals surface area contributed by atoms with Crippen molar-refractivity contribution in [1.82, 2.24) is 14.5 Å². The molecule has 0 saturated heterocycles. The zero-order valence-electron chi connectivity index (χ0n) is 11.5. The third kappa shape index (κ3) is 2.25. The number of sulfone groups is 1. The van der Waals surface area contributed by atoms with Crippen LogP contribution in [-0.2, 0) is 16.9 Å². The van der Waals surface area contributed by atoms with Crippen LogP contribution in [0.1, 0.15) is 0 Å². The van der Waals surface area contributed by atoms with E-state index < -0.39 is 9.84 Å². The molecule has 0 radical (unpaired) electrons. The van der Waals surface area contributed by atoms with E-state index in [4.69, 9.17) is 0 Å². The van der Waals surface area contributed by atoms with Crippen LogP contribution in [0.4, 0.5) is 0 Å². The number of aromatic hydroxyl groups is 1. The Morgan fingerprint density at radius 1 is 1.24 bits per heavy atom. The molecule has 0 aliphatic rings. The molecule has 0 aliphatic heterocycles. The van der Waals surface area contributed by atoms with Crippen LogP contribution in [0.3, 0.4) is 0 Å². The zero-order valence-corrected chi connectivity index (χ0v) is 12.3. The summed E-state index contributed by atoms with van der Waals surface area (Å²) in [6.07, 6.45) is 4.06. The van der Waals surface area contributed by atoms with Gasteiger partial charge >= 0.3 is 0 Å². The number of pyridine rings is 1. The predicted molar refractivity (Wildman–Crippen MR) is 78.7 cm³/mol. The first-order valence-electron chi connectivity index (χ1n) is 6.18. The van der Waals surface area contributed by atoms with Crippen molar-refractivity contribution < 1.29 is 13.5 Å². The minimum Gasteiger partial charge on any atom is -0.506 e. The first-order valence-corrected chi connectivity index (χ1v) is 8.07. The fourth-order valence-corrected chi connectivity index (χ4v) is 3.12. The van der Waals surface area contributed by atoms with Crippen molar-refractivity contribution in [1.29, 1.82) is 0 Å². The van der Waals surface area contributed by atoms with E-state index in [1.165, 1.54) is 18.3 Å². The Morgan fingerprint density at radius 3 is 2.67 bits per heavy atom. The number of nitrogens with zero attached hydrogens (tertiary/aromatic N) is 3. The highest BCUT2D eigenvalue weighted by atomic mass is 32.2. The minimum absolute atomic E-state index is 0.0305. The molecule has 0 atom stereocenters. The van der Waals surface area contributed by atoms with Crippen molar-refractivity contribution in [2.75, 3.05) is 6.26 Å². The van der Waals surface area contributed by atoms with Gasteiger partial charge in [-0.2, -0.15) is 0 Å². The highest BCUT2D eigenvalue weighted by Crippen LogP contribution is 2.28. The lowest BCUT2D eigenvalue weighted by Gasteiger charge is -2.02. The summed E-state index contributed by atoms with van der Waals surface area (Å²) in [4.78, 5) is 8.53. The smallest absolute Gasteiger partial charge is 0.177 e. The van der Waals surface area contributed by atoms with E-state index in [1.807, 2.05) is 0 Å². The largest absolute Gasteiger partial charge is 0.506 e. The number of hydrogen-bond donors (Lipinski definition) is 1. The van der Waals surface area contributed by atoms with Crippen LogP contribution in [0, 0.1) is 0 Å². The Bertz CT molecular complexity index is 945. The Balaban J connectivity index is 2.35. The Morgan fingerprint density at radius 2 is 2.00 bits per heavy atom. The molecule has 108 valence electrons. The third-order valence-electron chi connectivity index (χ3n) is 3.26. The van der Waals surface area contributed by atoms with Gasteiger partial charge in [-0.15, -0.1) is 0 Å². The lowest BCUT2D eigenvalue weighted by atomic mass is 10.2. The van der Waals surface area contributed by atoms with Gasteiger partial charge in [-0.25, -0.2) is 13.4 Å². The van der Waals surface area contributed by atoms with Gasteiger partial charge in [0.05, 0.1) is 16.6 Å². The van der Waals surface area contributed by atoms with Crippen LogP contribution in [0.15, 0.2) is 41.6 Å². The number of benzene rings is 1. The molecule has 3 aromatic rings. The molecule has 0 unspecified atom stereocenters.